The molecular formula is C9H14BIN2O2. The van der Waals surface area contributed by atoms with Crippen molar-refractivity contribution in [3.05, 3.63) is 12.3 Å². The molecule has 1 aromatic heterocycles. The molecule has 1 saturated heterocycles. The van der Waals surface area contributed by atoms with Gasteiger partial charge in [0.05, 0.1) is 39.7 Å². The molecule has 82 valence electrons. The fourth-order valence-electron chi connectivity index (χ4n) is 1.40. The van der Waals surface area contributed by atoms with Crippen LogP contribution in [0.2, 0.25) is 0 Å². The van der Waals surface area contributed by atoms with Gasteiger partial charge >= 0.3 is 7.12 Å². The molecule has 0 radical (unpaired) electrons. The zero-order chi connectivity index (χ0) is 11.3. The van der Waals surface area contributed by atoms with Crippen LogP contribution in [0.4, 0.5) is 0 Å². The summed E-state index contributed by atoms with van der Waals surface area (Å²) >= 11 is 2.10. The first-order valence-corrected chi connectivity index (χ1v) is 5.86. The molecule has 1 aromatic rings. The maximum Gasteiger partial charge on any atom is 0.516 e. The third-order valence-electron chi connectivity index (χ3n) is 3.07. The Morgan fingerprint density at radius 1 is 1.27 bits per heavy atom. The predicted molar refractivity (Wildman–Crippen MR) is 67.4 cm³/mol. The molecule has 1 fully saturated rings. The van der Waals surface area contributed by atoms with Crippen LogP contribution in [0.15, 0.2) is 12.3 Å². The van der Waals surface area contributed by atoms with Crippen molar-refractivity contribution in [2.24, 2.45) is 0 Å². The van der Waals surface area contributed by atoms with Gasteiger partial charge in [-0.15, -0.1) is 0 Å². The number of nitrogens with zero attached hydrogens (tertiary/aromatic N) is 2. The molecule has 2 heterocycles. The van der Waals surface area contributed by atoms with E-state index in [1.54, 1.807) is 2.90 Å². The minimum Gasteiger partial charge on any atom is -0.398 e. The topological polar surface area (TPSA) is 36.3 Å². The number of hydrogen-bond acceptors (Lipinski definition) is 3. The number of aromatic nitrogens is 2. The standard InChI is InChI=1S/C9H14BIN2O2/c1-8(2)9(3,4)15-10(14-8)7-5-6-13(11)12-7/h5-6H,1-4H3. The lowest BCUT2D eigenvalue weighted by molar-refractivity contribution is 0.00578. The highest BCUT2D eigenvalue weighted by atomic mass is 127. The van der Waals surface area contributed by atoms with Gasteiger partial charge in [-0.3, -0.25) is 0 Å². The molecule has 1 aliphatic heterocycles. The molecular weight excluding hydrogens is 306 g/mol. The summed E-state index contributed by atoms with van der Waals surface area (Å²) in [6.07, 6.45) is 1.88. The molecule has 0 N–H and O–H groups in total. The summed E-state index contributed by atoms with van der Waals surface area (Å²) < 4.78 is 13.4. The molecule has 0 aliphatic carbocycles. The van der Waals surface area contributed by atoms with E-state index in [1.165, 1.54) is 0 Å². The highest BCUT2D eigenvalue weighted by molar-refractivity contribution is 14.1. The van der Waals surface area contributed by atoms with Gasteiger partial charge in [0, 0.05) is 6.20 Å². The van der Waals surface area contributed by atoms with Crippen molar-refractivity contribution >= 4 is 35.6 Å². The average Bonchev–Trinajstić information content (AvgIpc) is 2.56. The second-order valence-electron chi connectivity index (χ2n) is 4.72. The molecule has 0 unspecified atom stereocenters. The van der Waals surface area contributed by atoms with Gasteiger partial charge in [0.1, 0.15) is 0 Å². The van der Waals surface area contributed by atoms with E-state index < -0.39 is 0 Å². The zero-order valence-corrected chi connectivity index (χ0v) is 11.5. The highest BCUT2D eigenvalue weighted by Gasteiger charge is 2.52. The fraction of sp³-hybridized carbons (Fsp3) is 0.667. The van der Waals surface area contributed by atoms with Crippen LogP contribution >= 0.6 is 22.9 Å². The Balaban J connectivity index is 2.23. The van der Waals surface area contributed by atoms with Crippen LogP contribution in [-0.4, -0.2) is 26.3 Å². The Morgan fingerprint density at radius 3 is 2.20 bits per heavy atom. The first-order valence-electron chi connectivity index (χ1n) is 4.89. The fourth-order valence-corrected chi connectivity index (χ4v) is 1.81. The molecule has 6 heteroatoms. The molecule has 0 saturated carbocycles. The maximum atomic E-state index is 5.86. The van der Waals surface area contributed by atoms with Crippen LogP contribution in [0.1, 0.15) is 27.7 Å². The van der Waals surface area contributed by atoms with E-state index >= 15 is 0 Å². The first kappa shape index (κ1) is 11.4. The van der Waals surface area contributed by atoms with E-state index in [0.29, 0.717) is 0 Å². The Bertz CT molecular complexity index is 362. The summed E-state index contributed by atoms with van der Waals surface area (Å²) in [4.78, 5) is 0. The van der Waals surface area contributed by atoms with Crippen molar-refractivity contribution in [2.75, 3.05) is 0 Å². The third kappa shape index (κ3) is 1.94. The summed E-state index contributed by atoms with van der Waals surface area (Å²) in [6.45, 7) is 8.14. The highest BCUT2D eigenvalue weighted by Crippen LogP contribution is 2.36. The largest absolute Gasteiger partial charge is 0.516 e. The van der Waals surface area contributed by atoms with E-state index in [0.717, 1.165) is 5.59 Å². The van der Waals surface area contributed by atoms with Crippen molar-refractivity contribution in [2.45, 2.75) is 38.9 Å². The Labute approximate surface area is 104 Å². The van der Waals surface area contributed by atoms with Gasteiger partial charge in [-0.2, -0.15) is 5.10 Å². The number of hydrogen-bond donors (Lipinski definition) is 0. The second kappa shape index (κ2) is 3.46. The number of rotatable bonds is 1. The quantitative estimate of drug-likeness (QED) is 0.579. The lowest BCUT2D eigenvalue weighted by atomic mass is 9.85. The lowest BCUT2D eigenvalue weighted by Gasteiger charge is -2.32. The second-order valence-corrected chi connectivity index (χ2v) is 5.71. The molecule has 15 heavy (non-hydrogen) atoms. The lowest BCUT2D eigenvalue weighted by Crippen LogP contribution is -2.41. The smallest absolute Gasteiger partial charge is 0.398 e. The Morgan fingerprint density at radius 2 is 1.80 bits per heavy atom. The molecule has 0 atom stereocenters. The summed E-state index contributed by atoms with van der Waals surface area (Å²) in [5.41, 5.74) is 0.224. The monoisotopic (exact) mass is 320 g/mol. The summed E-state index contributed by atoms with van der Waals surface area (Å²) in [5, 5.41) is 4.28. The minimum absolute atomic E-state index is 0.299. The van der Waals surface area contributed by atoms with Gasteiger partial charge in [0.25, 0.3) is 0 Å². The molecule has 2 rings (SSSR count). The minimum atomic E-state index is -0.356. The van der Waals surface area contributed by atoms with Crippen LogP contribution < -0.4 is 5.59 Å². The summed E-state index contributed by atoms with van der Waals surface area (Å²) in [7, 11) is -0.356. The first-order chi connectivity index (χ1) is 6.82. The molecule has 0 aromatic carbocycles. The van der Waals surface area contributed by atoms with Gasteiger partial charge in [0.2, 0.25) is 0 Å². The van der Waals surface area contributed by atoms with Gasteiger partial charge in [0.15, 0.2) is 0 Å². The van der Waals surface area contributed by atoms with Gasteiger partial charge in [-0.05, 0) is 33.8 Å². The van der Waals surface area contributed by atoms with E-state index in [1.807, 2.05) is 40.0 Å². The van der Waals surface area contributed by atoms with Crippen molar-refractivity contribution in [1.29, 1.82) is 0 Å². The Kier molecular flexibility index (Phi) is 2.63. The van der Waals surface area contributed by atoms with Gasteiger partial charge < -0.3 is 9.31 Å². The van der Waals surface area contributed by atoms with E-state index in [2.05, 4.69) is 28.0 Å². The average molecular weight is 320 g/mol. The van der Waals surface area contributed by atoms with Crippen LogP contribution in [-0.2, 0) is 9.31 Å². The normalized spacial score (nSPS) is 23.4. The van der Waals surface area contributed by atoms with Gasteiger partial charge in [-0.1, -0.05) is 0 Å². The molecule has 4 nitrogen and oxygen atoms in total. The van der Waals surface area contributed by atoms with E-state index in [9.17, 15) is 0 Å². The Hall–Kier alpha value is -0.0751. The SMILES string of the molecule is CC1(C)OB(c2ccn(I)n2)OC1(C)C. The third-order valence-corrected chi connectivity index (χ3v) is 3.61. The predicted octanol–water partition coefficient (Wildman–Crippen LogP) is 1.38. The van der Waals surface area contributed by atoms with Crippen molar-refractivity contribution in [3.63, 3.8) is 0 Å². The molecule has 0 amide bonds. The van der Waals surface area contributed by atoms with Gasteiger partial charge in [-0.25, -0.2) is 2.90 Å². The van der Waals surface area contributed by atoms with Crippen molar-refractivity contribution < 1.29 is 9.31 Å². The zero-order valence-electron chi connectivity index (χ0n) is 9.32. The van der Waals surface area contributed by atoms with Crippen LogP contribution in [0.3, 0.4) is 0 Å². The van der Waals surface area contributed by atoms with Crippen LogP contribution in [0.25, 0.3) is 0 Å². The van der Waals surface area contributed by atoms with E-state index in [4.69, 9.17) is 9.31 Å². The summed E-state index contributed by atoms with van der Waals surface area (Å²) in [6, 6.07) is 1.91. The summed E-state index contributed by atoms with van der Waals surface area (Å²) in [5.74, 6) is 0. The van der Waals surface area contributed by atoms with Crippen LogP contribution in [0, 0.1) is 0 Å². The van der Waals surface area contributed by atoms with Crippen molar-refractivity contribution in [1.82, 2.24) is 7.99 Å². The molecule has 0 bridgehead atoms. The van der Waals surface area contributed by atoms with Crippen LogP contribution in [0.5, 0.6) is 0 Å². The maximum absolute atomic E-state index is 5.86. The molecule has 1 aliphatic rings. The number of halogens is 1. The van der Waals surface area contributed by atoms with E-state index in [-0.39, 0.29) is 18.3 Å². The van der Waals surface area contributed by atoms with Crippen molar-refractivity contribution in [3.8, 4) is 0 Å². The molecule has 0 spiro atoms.